The summed E-state index contributed by atoms with van der Waals surface area (Å²) in [6, 6.07) is 7.26. The van der Waals surface area contributed by atoms with Gasteiger partial charge in [0.05, 0.1) is 10.6 Å². The number of aryl methyl sites for hydroxylation is 1. The highest BCUT2D eigenvalue weighted by Crippen LogP contribution is 2.27. The maximum atomic E-state index is 11.5. The minimum Gasteiger partial charge on any atom is -0.379 e. The van der Waals surface area contributed by atoms with Crippen LogP contribution in [-0.4, -0.2) is 13.3 Å². The molecule has 2 rings (SSSR count). The van der Waals surface area contributed by atoms with Crippen LogP contribution in [0.4, 0.5) is 11.4 Å². The molecular weight excluding hydrogens is 314 g/mol. The standard InChI is InChI=1S/C12H13N3O4S2/c1-8-2-4-10(20-8)7-14-11-6-9(15(16)17)3-5-12(11)21(13,18)19/h2-6,14H,7H2,1H3,(H2,13,18,19). The van der Waals surface area contributed by atoms with Gasteiger partial charge in [0, 0.05) is 28.4 Å². The highest BCUT2D eigenvalue weighted by molar-refractivity contribution is 7.89. The Morgan fingerprint density at radius 3 is 2.57 bits per heavy atom. The number of nitrogens with one attached hydrogen (secondary N) is 1. The van der Waals surface area contributed by atoms with E-state index < -0.39 is 14.9 Å². The highest BCUT2D eigenvalue weighted by atomic mass is 32.2. The molecule has 3 N–H and O–H groups in total. The minimum atomic E-state index is -3.96. The number of nitro groups is 1. The first kappa shape index (κ1) is 15.4. The van der Waals surface area contributed by atoms with Crippen molar-refractivity contribution in [3.63, 3.8) is 0 Å². The largest absolute Gasteiger partial charge is 0.379 e. The van der Waals surface area contributed by atoms with Crippen LogP contribution in [0.5, 0.6) is 0 Å². The number of rotatable bonds is 5. The van der Waals surface area contributed by atoms with Crippen molar-refractivity contribution in [1.82, 2.24) is 0 Å². The lowest BCUT2D eigenvalue weighted by molar-refractivity contribution is -0.384. The number of hydrogen-bond acceptors (Lipinski definition) is 6. The lowest BCUT2D eigenvalue weighted by Gasteiger charge is -2.09. The highest BCUT2D eigenvalue weighted by Gasteiger charge is 2.18. The monoisotopic (exact) mass is 327 g/mol. The summed E-state index contributed by atoms with van der Waals surface area (Å²) < 4.78 is 23.0. The van der Waals surface area contributed by atoms with Gasteiger partial charge in [-0.05, 0) is 25.1 Å². The molecule has 0 fully saturated rings. The first-order chi connectivity index (χ1) is 9.77. The normalized spacial score (nSPS) is 11.3. The van der Waals surface area contributed by atoms with Gasteiger partial charge < -0.3 is 5.32 Å². The molecule has 1 heterocycles. The lowest BCUT2D eigenvalue weighted by atomic mass is 10.2. The van der Waals surface area contributed by atoms with E-state index in [2.05, 4.69) is 5.32 Å². The number of thiophene rings is 1. The van der Waals surface area contributed by atoms with Crippen molar-refractivity contribution < 1.29 is 13.3 Å². The van der Waals surface area contributed by atoms with E-state index in [9.17, 15) is 18.5 Å². The Hall–Kier alpha value is -1.97. The number of nitrogens with two attached hydrogens (primary N) is 1. The van der Waals surface area contributed by atoms with Gasteiger partial charge in [-0.1, -0.05) is 0 Å². The Morgan fingerprint density at radius 2 is 2.05 bits per heavy atom. The minimum absolute atomic E-state index is 0.123. The number of nitrogens with zero attached hydrogens (tertiary/aromatic N) is 1. The van der Waals surface area contributed by atoms with E-state index in [0.717, 1.165) is 21.9 Å². The molecule has 0 spiro atoms. The van der Waals surface area contributed by atoms with Crippen LogP contribution in [0.1, 0.15) is 9.75 Å². The van der Waals surface area contributed by atoms with Crippen LogP contribution >= 0.6 is 11.3 Å². The Kier molecular flexibility index (Phi) is 4.26. The number of benzene rings is 1. The van der Waals surface area contributed by atoms with E-state index in [1.807, 2.05) is 19.1 Å². The third kappa shape index (κ3) is 3.78. The Labute approximate surface area is 125 Å². The first-order valence-corrected chi connectivity index (χ1v) is 8.24. The van der Waals surface area contributed by atoms with Crippen molar-refractivity contribution in [3.8, 4) is 0 Å². The fourth-order valence-electron chi connectivity index (χ4n) is 1.78. The van der Waals surface area contributed by atoms with Gasteiger partial charge >= 0.3 is 0 Å². The molecule has 0 radical (unpaired) electrons. The summed E-state index contributed by atoms with van der Waals surface area (Å²) in [5.41, 5.74) is -0.0787. The Balaban J connectivity index is 2.34. The fourth-order valence-corrected chi connectivity index (χ4v) is 3.31. The number of primary sulfonamides is 1. The molecule has 1 aromatic heterocycles. The second kappa shape index (κ2) is 5.80. The molecule has 0 amide bonds. The average molecular weight is 327 g/mol. The van der Waals surface area contributed by atoms with E-state index in [0.29, 0.717) is 6.54 Å². The van der Waals surface area contributed by atoms with Crippen LogP contribution in [0.25, 0.3) is 0 Å². The molecule has 7 nitrogen and oxygen atoms in total. The van der Waals surface area contributed by atoms with Crippen molar-refractivity contribution in [2.45, 2.75) is 18.4 Å². The van der Waals surface area contributed by atoms with Crippen LogP contribution in [0, 0.1) is 17.0 Å². The van der Waals surface area contributed by atoms with Gasteiger partial charge in [-0.15, -0.1) is 11.3 Å². The molecular formula is C12H13N3O4S2. The number of anilines is 1. The van der Waals surface area contributed by atoms with Crippen LogP contribution < -0.4 is 10.5 Å². The topological polar surface area (TPSA) is 115 Å². The summed E-state index contributed by atoms with van der Waals surface area (Å²) in [5, 5.41) is 18.8. The maximum Gasteiger partial charge on any atom is 0.271 e. The zero-order valence-corrected chi connectivity index (χ0v) is 12.7. The van der Waals surface area contributed by atoms with Crippen molar-refractivity contribution in [2.75, 3.05) is 5.32 Å². The van der Waals surface area contributed by atoms with Gasteiger partial charge in [-0.25, -0.2) is 13.6 Å². The molecule has 0 unspecified atom stereocenters. The molecule has 0 bridgehead atoms. The summed E-state index contributed by atoms with van der Waals surface area (Å²) in [6.45, 7) is 2.32. The summed E-state index contributed by atoms with van der Waals surface area (Å²) in [7, 11) is -3.96. The molecule has 21 heavy (non-hydrogen) atoms. The number of sulfonamides is 1. The summed E-state index contributed by atoms with van der Waals surface area (Å²) in [6.07, 6.45) is 0. The van der Waals surface area contributed by atoms with Crippen molar-refractivity contribution in [3.05, 3.63) is 50.2 Å². The molecule has 0 saturated heterocycles. The summed E-state index contributed by atoms with van der Waals surface area (Å²) in [5.74, 6) is 0. The average Bonchev–Trinajstić information content (AvgIpc) is 2.80. The Bertz CT molecular complexity index is 784. The van der Waals surface area contributed by atoms with Crippen LogP contribution in [0.15, 0.2) is 35.2 Å². The van der Waals surface area contributed by atoms with Crippen LogP contribution in [-0.2, 0) is 16.6 Å². The number of nitro benzene ring substituents is 1. The SMILES string of the molecule is Cc1ccc(CNc2cc([N+](=O)[O-])ccc2S(N)(=O)=O)s1. The molecule has 112 valence electrons. The quantitative estimate of drug-likeness (QED) is 0.645. The van der Waals surface area contributed by atoms with E-state index in [1.54, 1.807) is 11.3 Å². The van der Waals surface area contributed by atoms with Crippen LogP contribution in [0.2, 0.25) is 0 Å². The predicted octanol–water partition coefficient (Wildman–Crippen LogP) is 2.22. The lowest BCUT2D eigenvalue weighted by Crippen LogP contribution is -2.15. The van der Waals surface area contributed by atoms with E-state index >= 15 is 0 Å². The molecule has 0 saturated carbocycles. The fraction of sp³-hybridized carbons (Fsp3) is 0.167. The zero-order valence-electron chi connectivity index (χ0n) is 11.1. The number of non-ortho nitro benzene ring substituents is 1. The maximum absolute atomic E-state index is 11.5. The second-order valence-corrected chi connectivity index (χ2v) is 7.25. The predicted molar refractivity (Wildman–Crippen MR) is 80.9 cm³/mol. The van der Waals surface area contributed by atoms with Gasteiger partial charge in [-0.2, -0.15) is 0 Å². The van der Waals surface area contributed by atoms with Crippen molar-refractivity contribution >= 4 is 32.7 Å². The van der Waals surface area contributed by atoms with Crippen LogP contribution in [0.3, 0.4) is 0 Å². The molecule has 2 aromatic rings. The molecule has 1 aromatic carbocycles. The first-order valence-electron chi connectivity index (χ1n) is 5.88. The van der Waals surface area contributed by atoms with E-state index in [1.165, 1.54) is 6.07 Å². The summed E-state index contributed by atoms with van der Waals surface area (Å²) in [4.78, 5) is 12.1. The van der Waals surface area contributed by atoms with Gasteiger partial charge in [0.25, 0.3) is 5.69 Å². The Morgan fingerprint density at radius 1 is 1.33 bits per heavy atom. The molecule has 0 atom stereocenters. The van der Waals surface area contributed by atoms with Gasteiger partial charge in [0.2, 0.25) is 10.0 Å². The number of hydrogen-bond donors (Lipinski definition) is 2. The van der Waals surface area contributed by atoms with Gasteiger partial charge in [-0.3, -0.25) is 10.1 Å². The van der Waals surface area contributed by atoms with Crippen molar-refractivity contribution in [1.29, 1.82) is 0 Å². The summed E-state index contributed by atoms with van der Waals surface area (Å²) >= 11 is 1.55. The zero-order chi connectivity index (χ0) is 15.6. The second-order valence-electron chi connectivity index (χ2n) is 4.35. The van der Waals surface area contributed by atoms with Gasteiger partial charge in [0.1, 0.15) is 4.90 Å². The molecule has 0 aliphatic carbocycles. The van der Waals surface area contributed by atoms with Crippen molar-refractivity contribution in [2.24, 2.45) is 5.14 Å². The third-order valence-electron chi connectivity index (χ3n) is 2.73. The molecule has 9 heteroatoms. The third-order valence-corrected chi connectivity index (χ3v) is 4.70. The van der Waals surface area contributed by atoms with E-state index in [-0.39, 0.29) is 16.3 Å². The van der Waals surface area contributed by atoms with E-state index in [4.69, 9.17) is 5.14 Å². The smallest absolute Gasteiger partial charge is 0.271 e. The van der Waals surface area contributed by atoms with Gasteiger partial charge in [0.15, 0.2) is 0 Å². The molecule has 0 aliphatic heterocycles. The molecule has 0 aliphatic rings.